The number of carbonyl (C=O) groups excluding carboxylic acids is 5. The first-order chi connectivity index (χ1) is 17.4. The van der Waals surface area contributed by atoms with Crippen LogP contribution in [0.15, 0.2) is 30.3 Å². The molecule has 0 aliphatic carbocycles. The Morgan fingerprint density at radius 1 is 0.946 bits per heavy atom. The molecule has 37 heavy (non-hydrogen) atoms. The number of aromatic nitrogens is 1. The standard InChI is InChI=1S/C22H24N6O9/c1-10(19(23)33)26-21(35)14(7-18(31)32)28-17(30)9-24-16(29)8-25-20(34)12-6-15(22(36)37)27-13-5-3-2-4-11(12)13/h2-6,10,14H,7-9H2,1H3,(H2,23,33)(H,24,29)(H,25,34)(H,26,35)(H,28,30)(H,31,32)(H,36,37)/t10-,14-/m0/s1. The number of benzene rings is 1. The number of para-hydroxylation sites is 1. The van der Waals surface area contributed by atoms with Gasteiger partial charge >= 0.3 is 11.9 Å². The first-order valence-corrected chi connectivity index (χ1v) is 10.7. The second kappa shape index (κ2) is 12.6. The largest absolute Gasteiger partial charge is 0.481 e. The molecule has 0 spiro atoms. The number of rotatable bonds is 12. The van der Waals surface area contributed by atoms with Crippen molar-refractivity contribution in [3.63, 3.8) is 0 Å². The summed E-state index contributed by atoms with van der Waals surface area (Å²) in [6, 6.07) is 4.72. The number of nitrogens with two attached hydrogens (primary N) is 1. The summed E-state index contributed by atoms with van der Waals surface area (Å²) >= 11 is 0. The molecular formula is C22H24N6O9. The van der Waals surface area contributed by atoms with Crippen LogP contribution in [0.1, 0.15) is 34.2 Å². The van der Waals surface area contributed by atoms with Crippen molar-refractivity contribution in [2.75, 3.05) is 13.1 Å². The number of hydrogen-bond donors (Lipinski definition) is 7. The molecule has 0 saturated heterocycles. The van der Waals surface area contributed by atoms with Gasteiger partial charge in [-0.1, -0.05) is 18.2 Å². The number of carboxylic acids is 2. The minimum Gasteiger partial charge on any atom is -0.481 e. The highest BCUT2D eigenvalue weighted by Gasteiger charge is 2.26. The van der Waals surface area contributed by atoms with E-state index in [-0.39, 0.29) is 16.8 Å². The second-order valence-electron chi connectivity index (χ2n) is 7.69. The van der Waals surface area contributed by atoms with Crippen LogP contribution in [-0.4, -0.2) is 81.8 Å². The predicted molar refractivity (Wildman–Crippen MR) is 125 cm³/mol. The zero-order chi connectivity index (χ0) is 27.7. The quantitative estimate of drug-likeness (QED) is 0.159. The van der Waals surface area contributed by atoms with Crippen molar-refractivity contribution in [3.8, 4) is 0 Å². The van der Waals surface area contributed by atoms with Crippen LogP contribution < -0.4 is 27.0 Å². The van der Waals surface area contributed by atoms with Gasteiger partial charge in [-0.2, -0.15) is 0 Å². The van der Waals surface area contributed by atoms with Gasteiger partial charge < -0.3 is 37.2 Å². The second-order valence-corrected chi connectivity index (χ2v) is 7.69. The van der Waals surface area contributed by atoms with Gasteiger partial charge in [0.1, 0.15) is 17.8 Å². The Labute approximate surface area is 208 Å². The maximum atomic E-state index is 12.6. The summed E-state index contributed by atoms with van der Waals surface area (Å²) in [5.74, 6) is -7.08. The van der Waals surface area contributed by atoms with Crippen molar-refractivity contribution in [1.29, 1.82) is 0 Å². The van der Waals surface area contributed by atoms with Gasteiger partial charge in [0, 0.05) is 5.39 Å². The molecule has 0 fully saturated rings. The smallest absolute Gasteiger partial charge is 0.354 e. The lowest BCUT2D eigenvalue weighted by Crippen LogP contribution is -2.54. The normalized spacial score (nSPS) is 12.0. The van der Waals surface area contributed by atoms with E-state index in [2.05, 4.69) is 26.3 Å². The fourth-order valence-electron chi connectivity index (χ4n) is 2.98. The summed E-state index contributed by atoms with van der Waals surface area (Å²) in [5, 5.41) is 27.3. The highest BCUT2D eigenvalue weighted by molar-refractivity contribution is 6.08. The molecule has 0 radical (unpaired) electrons. The number of hydrogen-bond acceptors (Lipinski definition) is 8. The first kappa shape index (κ1) is 28.2. The third-order valence-corrected chi connectivity index (χ3v) is 4.85. The number of pyridine rings is 1. The fourth-order valence-corrected chi connectivity index (χ4v) is 2.98. The average molecular weight is 516 g/mol. The first-order valence-electron chi connectivity index (χ1n) is 10.7. The van der Waals surface area contributed by atoms with E-state index in [1.807, 2.05) is 0 Å². The summed E-state index contributed by atoms with van der Waals surface area (Å²) in [6.07, 6.45) is -0.800. The number of fused-ring (bicyclic) bond motifs is 1. The molecule has 2 atom stereocenters. The minimum absolute atomic E-state index is 0.0266. The molecule has 196 valence electrons. The number of nitrogens with zero attached hydrogens (tertiary/aromatic N) is 1. The van der Waals surface area contributed by atoms with Crippen molar-refractivity contribution < 1.29 is 43.8 Å². The van der Waals surface area contributed by atoms with Crippen molar-refractivity contribution in [1.82, 2.24) is 26.3 Å². The van der Waals surface area contributed by atoms with E-state index < -0.39 is 73.1 Å². The van der Waals surface area contributed by atoms with Crippen LogP contribution in [0.2, 0.25) is 0 Å². The molecule has 0 aliphatic rings. The molecule has 15 heteroatoms. The summed E-state index contributed by atoms with van der Waals surface area (Å²) in [5.41, 5.74) is 4.91. The average Bonchev–Trinajstić information content (AvgIpc) is 2.84. The van der Waals surface area contributed by atoms with E-state index >= 15 is 0 Å². The molecular weight excluding hydrogens is 492 g/mol. The molecule has 15 nitrogen and oxygen atoms in total. The van der Waals surface area contributed by atoms with Gasteiger partial charge in [0.05, 0.1) is 30.6 Å². The number of carboxylic acid groups (broad SMARTS) is 2. The Balaban J connectivity index is 1.95. The summed E-state index contributed by atoms with van der Waals surface area (Å²) < 4.78 is 0. The van der Waals surface area contributed by atoms with E-state index in [4.69, 9.17) is 10.8 Å². The van der Waals surface area contributed by atoms with Gasteiger partial charge in [0.25, 0.3) is 5.91 Å². The maximum absolute atomic E-state index is 12.6. The zero-order valence-corrected chi connectivity index (χ0v) is 19.4. The number of aliphatic carboxylic acids is 1. The van der Waals surface area contributed by atoms with Crippen molar-refractivity contribution in [2.24, 2.45) is 5.73 Å². The fraction of sp³-hybridized carbons (Fsp3) is 0.273. The Morgan fingerprint density at radius 3 is 2.22 bits per heavy atom. The predicted octanol–water partition coefficient (Wildman–Crippen LogP) is -2.27. The molecule has 1 aromatic carbocycles. The summed E-state index contributed by atoms with van der Waals surface area (Å²) in [7, 11) is 0. The lowest BCUT2D eigenvalue weighted by molar-refractivity contribution is -0.141. The lowest BCUT2D eigenvalue weighted by Gasteiger charge is -2.19. The molecule has 0 bridgehead atoms. The van der Waals surface area contributed by atoms with Gasteiger partial charge in [0.2, 0.25) is 23.6 Å². The monoisotopic (exact) mass is 516 g/mol. The number of amides is 5. The number of nitrogens with one attached hydrogen (secondary N) is 4. The van der Waals surface area contributed by atoms with Gasteiger partial charge in [0.15, 0.2) is 0 Å². The molecule has 2 aromatic rings. The van der Waals surface area contributed by atoms with Crippen LogP contribution in [0.25, 0.3) is 10.9 Å². The van der Waals surface area contributed by atoms with E-state index in [9.17, 15) is 38.7 Å². The molecule has 1 aromatic heterocycles. The molecule has 5 amide bonds. The third-order valence-electron chi connectivity index (χ3n) is 4.85. The van der Waals surface area contributed by atoms with Gasteiger partial charge in [-0.25, -0.2) is 9.78 Å². The topological polar surface area (TPSA) is 247 Å². The SMILES string of the molecule is C[C@H](NC(=O)[C@H](CC(=O)O)NC(=O)CNC(=O)CNC(=O)c1cc(C(=O)O)nc2ccccc12)C(N)=O. The van der Waals surface area contributed by atoms with Crippen LogP contribution in [0.3, 0.4) is 0 Å². The molecule has 8 N–H and O–H groups in total. The van der Waals surface area contributed by atoms with Crippen LogP contribution >= 0.6 is 0 Å². The van der Waals surface area contributed by atoms with E-state index in [1.165, 1.54) is 13.0 Å². The van der Waals surface area contributed by atoms with Crippen LogP contribution in [0.5, 0.6) is 0 Å². The van der Waals surface area contributed by atoms with Crippen LogP contribution in [0.4, 0.5) is 0 Å². The van der Waals surface area contributed by atoms with E-state index in [0.29, 0.717) is 5.39 Å². The molecule has 2 rings (SSSR count). The molecule has 1 heterocycles. The Morgan fingerprint density at radius 2 is 1.59 bits per heavy atom. The number of aromatic carboxylic acids is 1. The lowest BCUT2D eigenvalue weighted by atomic mass is 10.1. The Hall–Kier alpha value is -5.08. The third kappa shape index (κ3) is 8.27. The maximum Gasteiger partial charge on any atom is 0.354 e. The van der Waals surface area contributed by atoms with Crippen molar-refractivity contribution >= 4 is 52.4 Å². The molecule has 0 aliphatic heterocycles. The highest BCUT2D eigenvalue weighted by atomic mass is 16.4. The van der Waals surface area contributed by atoms with Crippen molar-refractivity contribution in [3.05, 3.63) is 41.6 Å². The molecule has 0 saturated carbocycles. The highest BCUT2D eigenvalue weighted by Crippen LogP contribution is 2.18. The van der Waals surface area contributed by atoms with E-state index in [0.717, 1.165) is 6.07 Å². The van der Waals surface area contributed by atoms with E-state index in [1.54, 1.807) is 18.2 Å². The van der Waals surface area contributed by atoms with Gasteiger partial charge in [-0.15, -0.1) is 0 Å². The zero-order valence-electron chi connectivity index (χ0n) is 19.4. The summed E-state index contributed by atoms with van der Waals surface area (Å²) in [4.78, 5) is 86.4. The van der Waals surface area contributed by atoms with Crippen LogP contribution in [-0.2, 0) is 24.0 Å². The number of primary amides is 1. The Kier molecular flexibility index (Phi) is 9.57. The molecule has 0 unspecified atom stereocenters. The van der Waals surface area contributed by atoms with Gasteiger partial charge in [-0.05, 0) is 19.1 Å². The van der Waals surface area contributed by atoms with Crippen LogP contribution in [0, 0.1) is 0 Å². The van der Waals surface area contributed by atoms with Gasteiger partial charge in [-0.3, -0.25) is 28.8 Å². The number of carbonyl (C=O) groups is 7. The Bertz CT molecular complexity index is 1260. The van der Waals surface area contributed by atoms with Crippen molar-refractivity contribution in [2.45, 2.75) is 25.4 Å². The summed E-state index contributed by atoms with van der Waals surface area (Å²) in [6.45, 7) is 0.0246. The minimum atomic E-state index is -1.55.